The summed E-state index contributed by atoms with van der Waals surface area (Å²) in [6.45, 7) is 4.44. The Labute approximate surface area is 140 Å². The molecular weight excluding hydrogens is 286 g/mol. The van der Waals surface area contributed by atoms with Crippen LogP contribution in [0.5, 0.6) is 5.75 Å². The maximum atomic E-state index is 10.7. The molecule has 2 aliphatic rings. The molecule has 3 heteroatoms. The fourth-order valence-electron chi connectivity index (χ4n) is 3.95. The zero-order valence-corrected chi connectivity index (χ0v) is 14.3. The lowest BCUT2D eigenvalue weighted by molar-refractivity contribution is -0.000662. The second kappa shape index (κ2) is 8.16. The largest absolute Gasteiger partial charge is 0.494 e. The molecule has 1 aromatic rings. The van der Waals surface area contributed by atoms with Crippen molar-refractivity contribution in [1.29, 1.82) is 0 Å². The summed E-state index contributed by atoms with van der Waals surface area (Å²) in [5, 5.41) is 10.7. The molecule has 128 valence electrons. The standard InChI is InChI=1S/C20H31NO2/c22-20(12-3-1-4-13-20)18-8-10-19(11-9-18)23-17-7-16-21-14-5-2-6-15-21/h8-11,22H,1-7,12-17H2. The Bertz CT molecular complexity index is 459. The Kier molecular flexibility index (Phi) is 5.96. The topological polar surface area (TPSA) is 32.7 Å². The number of benzene rings is 1. The Morgan fingerprint density at radius 1 is 0.913 bits per heavy atom. The van der Waals surface area contributed by atoms with Crippen molar-refractivity contribution in [2.75, 3.05) is 26.2 Å². The van der Waals surface area contributed by atoms with E-state index in [-0.39, 0.29) is 0 Å². The number of aliphatic hydroxyl groups is 1. The Morgan fingerprint density at radius 2 is 1.57 bits per heavy atom. The van der Waals surface area contributed by atoms with Crippen molar-refractivity contribution in [1.82, 2.24) is 4.90 Å². The van der Waals surface area contributed by atoms with E-state index >= 15 is 0 Å². The molecule has 0 aromatic heterocycles. The molecule has 1 aromatic carbocycles. The van der Waals surface area contributed by atoms with E-state index in [9.17, 15) is 5.11 Å². The molecule has 0 atom stereocenters. The molecule has 0 bridgehead atoms. The molecule has 3 rings (SSSR count). The molecule has 1 saturated heterocycles. The van der Waals surface area contributed by atoms with E-state index in [1.807, 2.05) is 24.3 Å². The average Bonchev–Trinajstić information content (AvgIpc) is 2.61. The van der Waals surface area contributed by atoms with Gasteiger partial charge < -0.3 is 14.7 Å². The summed E-state index contributed by atoms with van der Waals surface area (Å²) in [5.41, 5.74) is 0.447. The predicted molar refractivity (Wildman–Crippen MR) is 93.8 cm³/mol. The molecule has 1 aliphatic heterocycles. The van der Waals surface area contributed by atoms with Gasteiger partial charge in [0.25, 0.3) is 0 Å². The third-order valence-electron chi connectivity index (χ3n) is 5.41. The normalized spacial score (nSPS) is 22.0. The number of rotatable bonds is 6. The molecule has 1 heterocycles. The molecule has 0 spiro atoms. The maximum absolute atomic E-state index is 10.7. The minimum atomic E-state index is -0.606. The van der Waals surface area contributed by atoms with Gasteiger partial charge in [0, 0.05) is 6.54 Å². The third kappa shape index (κ3) is 4.71. The van der Waals surface area contributed by atoms with Crippen molar-refractivity contribution >= 4 is 0 Å². The lowest BCUT2D eigenvalue weighted by Crippen LogP contribution is -2.31. The number of ether oxygens (including phenoxy) is 1. The van der Waals surface area contributed by atoms with Gasteiger partial charge in [0.05, 0.1) is 12.2 Å². The highest BCUT2D eigenvalue weighted by Gasteiger charge is 2.30. The van der Waals surface area contributed by atoms with Crippen LogP contribution in [-0.2, 0) is 5.60 Å². The first-order valence-electron chi connectivity index (χ1n) is 9.44. The quantitative estimate of drug-likeness (QED) is 0.802. The summed E-state index contributed by atoms with van der Waals surface area (Å²) >= 11 is 0. The van der Waals surface area contributed by atoms with Gasteiger partial charge in [0.1, 0.15) is 5.75 Å². The monoisotopic (exact) mass is 317 g/mol. The van der Waals surface area contributed by atoms with Gasteiger partial charge in [-0.2, -0.15) is 0 Å². The van der Waals surface area contributed by atoms with Gasteiger partial charge in [0.15, 0.2) is 0 Å². The first kappa shape index (κ1) is 16.8. The Balaban J connectivity index is 1.42. The van der Waals surface area contributed by atoms with Crippen LogP contribution in [0.15, 0.2) is 24.3 Å². The van der Waals surface area contributed by atoms with Gasteiger partial charge in [-0.1, -0.05) is 37.8 Å². The predicted octanol–water partition coefficient (Wildman–Crippen LogP) is 4.09. The summed E-state index contributed by atoms with van der Waals surface area (Å²) in [4.78, 5) is 2.55. The van der Waals surface area contributed by atoms with Gasteiger partial charge in [-0.25, -0.2) is 0 Å². The fraction of sp³-hybridized carbons (Fsp3) is 0.700. The molecule has 23 heavy (non-hydrogen) atoms. The maximum Gasteiger partial charge on any atom is 0.119 e. The summed E-state index contributed by atoms with van der Waals surface area (Å²) in [5.74, 6) is 0.923. The van der Waals surface area contributed by atoms with E-state index in [4.69, 9.17) is 4.74 Å². The van der Waals surface area contributed by atoms with Crippen LogP contribution in [0.25, 0.3) is 0 Å². The molecule has 0 radical (unpaired) electrons. The summed E-state index contributed by atoms with van der Waals surface area (Å²) in [7, 11) is 0. The number of nitrogens with zero attached hydrogens (tertiary/aromatic N) is 1. The van der Waals surface area contributed by atoms with Crippen LogP contribution in [0.1, 0.15) is 63.4 Å². The van der Waals surface area contributed by atoms with Gasteiger partial charge >= 0.3 is 0 Å². The Hall–Kier alpha value is -1.06. The first-order chi connectivity index (χ1) is 11.3. The van der Waals surface area contributed by atoms with Crippen LogP contribution in [0.2, 0.25) is 0 Å². The number of hydrogen-bond donors (Lipinski definition) is 1. The number of piperidine rings is 1. The van der Waals surface area contributed by atoms with Crippen LogP contribution >= 0.6 is 0 Å². The third-order valence-corrected chi connectivity index (χ3v) is 5.41. The molecule has 0 amide bonds. The minimum Gasteiger partial charge on any atom is -0.494 e. The molecule has 1 saturated carbocycles. The number of hydrogen-bond acceptors (Lipinski definition) is 3. The van der Waals surface area contributed by atoms with Crippen molar-refractivity contribution in [2.24, 2.45) is 0 Å². The van der Waals surface area contributed by atoms with Gasteiger partial charge in [0.2, 0.25) is 0 Å². The lowest BCUT2D eigenvalue weighted by Gasteiger charge is -2.32. The van der Waals surface area contributed by atoms with E-state index in [1.54, 1.807) is 0 Å². The first-order valence-corrected chi connectivity index (χ1v) is 9.44. The van der Waals surface area contributed by atoms with Gasteiger partial charge in [-0.05, 0) is 62.9 Å². The molecule has 3 nitrogen and oxygen atoms in total. The molecule has 0 unspecified atom stereocenters. The zero-order valence-electron chi connectivity index (χ0n) is 14.3. The van der Waals surface area contributed by atoms with E-state index < -0.39 is 5.60 Å². The summed E-state index contributed by atoms with van der Waals surface area (Å²) in [6, 6.07) is 8.13. The van der Waals surface area contributed by atoms with Crippen molar-refractivity contribution < 1.29 is 9.84 Å². The van der Waals surface area contributed by atoms with E-state index in [1.165, 1.54) is 38.8 Å². The average molecular weight is 317 g/mol. The van der Waals surface area contributed by atoms with E-state index in [0.717, 1.165) is 56.6 Å². The minimum absolute atomic E-state index is 0.606. The highest BCUT2D eigenvalue weighted by atomic mass is 16.5. The zero-order chi connectivity index (χ0) is 16.0. The lowest BCUT2D eigenvalue weighted by atomic mass is 9.80. The molecular formula is C20H31NO2. The highest BCUT2D eigenvalue weighted by Crippen LogP contribution is 2.37. The van der Waals surface area contributed by atoms with E-state index in [2.05, 4.69) is 4.90 Å². The highest BCUT2D eigenvalue weighted by molar-refractivity contribution is 5.31. The van der Waals surface area contributed by atoms with Gasteiger partial charge in [-0.3, -0.25) is 0 Å². The number of likely N-dealkylation sites (tertiary alicyclic amines) is 1. The van der Waals surface area contributed by atoms with Crippen LogP contribution in [0.4, 0.5) is 0 Å². The van der Waals surface area contributed by atoms with Crippen molar-refractivity contribution in [2.45, 2.75) is 63.4 Å². The second-order valence-corrected chi connectivity index (χ2v) is 7.22. The fourth-order valence-corrected chi connectivity index (χ4v) is 3.95. The van der Waals surface area contributed by atoms with Gasteiger partial charge in [-0.15, -0.1) is 0 Å². The molecule has 1 N–H and O–H groups in total. The molecule has 2 fully saturated rings. The smallest absolute Gasteiger partial charge is 0.119 e. The van der Waals surface area contributed by atoms with Crippen molar-refractivity contribution in [3.05, 3.63) is 29.8 Å². The SMILES string of the molecule is OC1(c2ccc(OCCCN3CCCCC3)cc2)CCCCC1. The van der Waals surface area contributed by atoms with Crippen LogP contribution in [0.3, 0.4) is 0 Å². The van der Waals surface area contributed by atoms with E-state index in [0.29, 0.717) is 0 Å². The second-order valence-electron chi connectivity index (χ2n) is 7.22. The Morgan fingerprint density at radius 3 is 2.26 bits per heavy atom. The summed E-state index contributed by atoms with van der Waals surface area (Å²) in [6.07, 6.45) is 10.5. The van der Waals surface area contributed by atoms with Crippen LogP contribution < -0.4 is 4.74 Å². The summed E-state index contributed by atoms with van der Waals surface area (Å²) < 4.78 is 5.86. The van der Waals surface area contributed by atoms with Crippen LogP contribution in [-0.4, -0.2) is 36.2 Å². The molecule has 1 aliphatic carbocycles. The van der Waals surface area contributed by atoms with Crippen molar-refractivity contribution in [3.63, 3.8) is 0 Å². The van der Waals surface area contributed by atoms with Crippen LogP contribution in [0, 0.1) is 0 Å². The van der Waals surface area contributed by atoms with Crippen molar-refractivity contribution in [3.8, 4) is 5.75 Å².